The summed E-state index contributed by atoms with van der Waals surface area (Å²) in [6.45, 7) is 7.43. The summed E-state index contributed by atoms with van der Waals surface area (Å²) >= 11 is 0. The van der Waals surface area contributed by atoms with Crippen LogP contribution in [0.2, 0.25) is 0 Å². The summed E-state index contributed by atoms with van der Waals surface area (Å²) in [4.78, 5) is 25.1. The van der Waals surface area contributed by atoms with E-state index in [1.807, 2.05) is 6.07 Å². The summed E-state index contributed by atoms with van der Waals surface area (Å²) in [5.74, 6) is -1.21. The monoisotopic (exact) mass is 305 g/mol. The zero-order valence-corrected chi connectivity index (χ0v) is 14.0. The van der Waals surface area contributed by atoms with Crippen LogP contribution in [0.4, 0.5) is 0 Å². The largest absolute Gasteiger partial charge is 0.459 e. The van der Waals surface area contributed by atoms with Crippen molar-refractivity contribution in [3.8, 4) is 0 Å². The van der Waals surface area contributed by atoms with E-state index in [1.54, 1.807) is 45.0 Å². The highest BCUT2D eigenvalue weighted by atomic mass is 16.6. The lowest BCUT2D eigenvalue weighted by Crippen LogP contribution is -2.50. The van der Waals surface area contributed by atoms with Crippen molar-refractivity contribution in [3.63, 3.8) is 0 Å². The summed E-state index contributed by atoms with van der Waals surface area (Å²) in [6.07, 6.45) is 3.05. The third-order valence-corrected chi connectivity index (χ3v) is 3.59. The Morgan fingerprint density at radius 3 is 2.14 bits per heavy atom. The van der Waals surface area contributed by atoms with Crippen molar-refractivity contribution in [3.05, 3.63) is 35.9 Å². The topological polar surface area (TPSA) is 69.4 Å². The average molecular weight is 305 g/mol. The quantitative estimate of drug-likeness (QED) is 0.477. The SMILES string of the molecule is CCCCCC(C(N)=O)(C(=O)OC(C)(C)C)c1ccccc1. The van der Waals surface area contributed by atoms with Gasteiger partial charge in [0.15, 0.2) is 5.41 Å². The Bertz CT molecular complexity index is 505. The number of hydrogen-bond acceptors (Lipinski definition) is 3. The summed E-state index contributed by atoms with van der Waals surface area (Å²) < 4.78 is 5.51. The fourth-order valence-corrected chi connectivity index (χ4v) is 2.46. The predicted molar refractivity (Wildman–Crippen MR) is 87.3 cm³/mol. The van der Waals surface area contributed by atoms with Crippen LogP contribution in [0.5, 0.6) is 0 Å². The lowest BCUT2D eigenvalue weighted by molar-refractivity contribution is -0.165. The molecule has 1 amide bonds. The van der Waals surface area contributed by atoms with Gasteiger partial charge in [0.1, 0.15) is 5.60 Å². The maximum atomic E-state index is 12.8. The van der Waals surface area contributed by atoms with Gasteiger partial charge < -0.3 is 10.5 Å². The van der Waals surface area contributed by atoms with Crippen molar-refractivity contribution in [1.82, 2.24) is 0 Å². The van der Waals surface area contributed by atoms with Crippen LogP contribution in [0, 0.1) is 0 Å². The molecule has 0 bridgehead atoms. The molecule has 4 heteroatoms. The van der Waals surface area contributed by atoms with E-state index in [9.17, 15) is 9.59 Å². The lowest BCUT2D eigenvalue weighted by Gasteiger charge is -2.32. The summed E-state index contributed by atoms with van der Waals surface area (Å²) in [5, 5.41) is 0. The van der Waals surface area contributed by atoms with Gasteiger partial charge in [0.25, 0.3) is 0 Å². The minimum atomic E-state index is -1.41. The van der Waals surface area contributed by atoms with E-state index in [4.69, 9.17) is 10.5 Å². The first kappa shape index (κ1) is 18.2. The van der Waals surface area contributed by atoms with E-state index in [-0.39, 0.29) is 0 Å². The van der Waals surface area contributed by atoms with Crippen LogP contribution in [0.1, 0.15) is 58.9 Å². The second kappa shape index (κ2) is 7.43. The average Bonchev–Trinajstić information content (AvgIpc) is 2.42. The minimum absolute atomic E-state index is 0.370. The van der Waals surface area contributed by atoms with Gasteiger partial charge in [-0.25, -0.2) is 0 Å². The number of esters is 1. The highest BCUT2D eigenvalue weighted by Gasteiger charge is 2.48. The Kier molecular flexibility index (Phi) is 6.15. The number of carbonyl (C=O) groups is 2. The summed E-state index contributed by atoms with van der Waals surface area (Å²) in [5.41, 5.74) is 4.19. The lowest BCUT2D eigenvalue weighted by atomic mass is 9.75. The summed E-state index contributed by atoms with van der Waals surface area (Å²) in [6, 6.07) is 8.98. The third-order valence-electron chi connectivity index (χ3n) is 3.59. The first-order chi connectivity index (χ1) is 10.2. The van der Waals surface area contributed by atoms with E-state index in [1.165, 1.54) is 0 Å². The Balaban J connectivity index is 3.27. The molecule has 122 valence electrons. The number of carbonyl (C=O) groups excluding carboxylic acids is 2. The number of hydrogen-bond donors (Lipinski definition) is 1. The second-order valence-electron chi connectivity index (χ2n) is 6.59. The number of rotatable bonds is 7. The molecule has 0 saturated heterocycles. The summed E-state index contributed by atoms with van der Waals surface area (Å²) in [7, 11) is 0. The zero-order valence-electron chi connectivity index (χ0n) is 14.0. The van der Waals surface area contributed by atoms with Crippen molar-refractivity contribution < 1.29 is 14.3 Å². The highest BCUT2D eigenvalue weighted by molar-refractivity contribution is 6.08. The molecule has 0 aliphatic carbocycles. The number of primary amides is 1. The van der Waals surface area contributed by atoms with Gasteiger partial charge in [0, 0.05) is 0 Å². The number of ether oxygens (including phenoxy) is 1. The van der Waals surface area contributed by atoms with Crippen molar-refractivity contribution >= 4 is 11.9 Å². The van der Waals surface area contributed by atoms with Crippen molar-refractivity contribution in [1.29, 1.82) is 0 Å². The van der Waals surface area contributed by atoms with Crippen LogP contribution < -0.4 is 5.73 Å². The molecule has 1 aromatic carbocycles. The Hall–Kier alpha value is -1.84. The van der Waals surface area contributed by atoms with Gasteiger partial charge in [-0.2, -0.15) is 0 Å². The van der Waals surface area contributed by atoms with Gasteiger partial charge in [-0.15, -0.1) is 0 Å². The molecular formula is C18H27NO3. The molecule has 0 aromatic heterocycles. The molecule has 22 heavy (non-hydrogen) atoms. The molecule has 1 unspecified atom stereocenters. The molecule has 0 radical (unpaired) electrons. The van der Waals surface area contributed by atoms with Crippen molar-refractivity contribution in [2.45, 2.75) is 64.4 Å². The molecule has 0 heterocycles. The maximum Gasteiger partial charge on any atom is 0.326 e. The molecule has 1 aromatic rings. The number of benzene rings is 1. The van der Waals surface area contributed by atoms with Crippen LogP contribution in [-0.2, 0) is 19.7 Å². The third kappa shape index (κ3) is 4.33. The number of nitrogens with two attached hydrogens (primary N) is 1. The molecule has 4 nitrogen and oxygen atoms in total. The Morgan fingerprint density at radius 1 is 1.09 bits per heavy atom. The minimum Gasteiger partial charge on any atom is -0.459 e. The number of unbranched alkanes of at least 4 members (excludes halogenated alkanes) is 2. The molecule has 1 atom stereocenters. The molecule has 0 aliphatic heterocycles. The second-order valence-corrected chi connectivity index (χ2v) is 6.59. The Labute approximate surface area is 133 Å². The zero-order chi connectivity index (χ0) is 16.8. The first-order valence-corrected chi connectivity index (χ1v) is 7.83. The fraction of sp³-hybridized carbons (Fsp3) is 0.556. The van der Waals surface area contributed by atoms with E-state index >= 15 is 0 Å². The van der Waals surface area contributed by atoms with Crippen molar-refractivity contribution in [2.75, 3.05) is 0 Å². The normalized spacial score (nSPS) is 14.2. The maximum absolute atomic E-state index is 12.8. The van der Waals surface area contributed by atoms with E-state index in [0.29, 0.717) is 12.0 Å². The predicted octanol–water partition coefficient (Wildman–Crippen LogP) is 3.33. The molecule has 0 fully saturated rings. The van der Waals surface area contributed by atoms with Gasteiger partial charge in [-0.3, -0.25) is 9.59 Å². The first-order valence-electron chi connectivity index (χ1n) is 7.83. The number of amides is 1. The molecule has 1 rings (SSSR count). The molecule has 0 spiro atoms. The van der Waals surface area contributed by atoms with Crippen LogP contribution in [-0.4, -0.2) is 17.5 Å². The van der Waals surface area contributed by atoms with Crippen LogP contribution >= 0.6 is 0 Å². The van der Waals surface area contributed by atoms with E-state index in [2.05, 4.69) is 6.92 Å². The Morgan fingerprint density at radius 2 is 1.68 bits per heavy atom. The van der Waals surface area contributed by atoms with Gasteiger partial charge in [0.2, 0.25) is 5.91 Å². The molecule has 0 saturated carbocycles. The standard InChI is InChI=1S/C18H27NO3/c1-5-6-10-13-18(15(19)20,14-11-8-7-9-12-14)16(21)22-17(2,3)4/h7-9,11-12H,5-6,10,13H2,1-4H3,(H2,19,20). The highest BCUT2D eigenvalue weighted by Crippen LogP contribution is 2.33. The van der Waals surface area contributed by atoms with Gasteiger partial charge >= 0.3 is 5.97 Å². The van der Waals surface area contributed by atoms with Gasteiger partial charge in [-0.1, -0.05) is 56.5 Å². The van der Waals surface area contributed by atoms with E-state index < -0.39 is 22.9 Å². The van der Waals surface area contributed by atoms with Crippen LogP contribution in [0.25, 0.3) is 0 Å². The molecule has 2 N–H and O–H groups in total. The van der Waals surface area contributed by atoms with Gasteiger partial charge in [0.05, 0.1) is 0 Å². The van der Waals surface area contributed by atoms with Crippen LogP contribution in [0.15, 0.2) is 30.3 Å². The molecule has 0 aliphatic rings. The molecular weight excluding hydrogens is 278 g/mol. The van der Waals surface area contributed by atoms with Crippen molar-refractivity contribution in [2.24, 2.45) is 5.73 Å². The smallest absolute Gasteiger partial charge is 0.326 e. The van der Waals surface area contributed by atoms with Crippen LogP contribution in [0.3, 0.4) is 0 Å². The van der Waals surface area contributed by atoms with Gasteiger partial charge in [-0.05, 0) is 32.8 Å². The fourth-order valence-electron chi connectivity index (χ4n) is 2.46. The van der Waals surface area contributed by atoms with E-state index in [0.717, 1.165) is 19.3 Å².